The monoisotopic (exact) mass is 488 g/mol. The van der Waals surface area contributed by atoms with Crippen LogP contribution in [0.3, 0.4) is 0 Å². The van der Waals surface area contributed by atoms with E-state index in [1.54, 1.807) is 22.9 Å². The summed E-state index contributed by atoms with van der Waals surface area (Å²) in [5.41, 5.74) is 2.48. The quantitative estimate of drug-likeness (QED) is 0.306. The van der Waals surface area contributed by atoms with Crippen molar-refractivity contribution in [2.24, 2.45) is 0 Å². The maximum atomic E-state index is 10.6. The van der Waals surface area contributed by atoms with Crippen molar-refractivity contribution in [2.45, 2.75) is 32.9 Å². The minimum atomic E-state index is -0.834. The van der Waals surface area contributed by atoms with Gasteiger partial charge in [0.05, 0.1) is 28.1 Å². The number of hydrogen-bond acceptors (Lipinski definition) is 6. The van der Waals surface area contributed by atoms with Crippen LogP contribution in [0, 0.1) is 0 Å². The molecule has 2 N–H and O–H groups in total. The number of carboxylic acid groups (broad SMARTS) is 1. The van der Waals surface area contributed by atoms with Crippen molar-refractivity contribution in [3.8, 4) is 23.2 Å². The molecule has 33 heavy (non-hydrogen) atoms. The second kappa shape index (κ2) is 9.82. The molecule has 2 heterocycles. The minimum absolute atomic E-state index is 0.0103. The Bertz CT molecular complexity index is 1300. The number of rotatable bonds is 9. The molecule has 172 valence electrons. The van der Waals surface area contributed by atoms with Gasteiger partial charge in [-0.05, 0) is 54.9 Å². The lowest BCUT2D eigenvalue weighted by atomic mass is 10.1. The third-order valence-corrected chi connectivity index (χ3v) is 5.43. The summed E-state index contributed by atoms with van der Waals surface area (Å²) in [6.45, 7) is 4.79. The maximum Gasteiger partial charge on any atom is 0.304 e. The Morgan fingerprint density at radius 3 is 2.76 bits per heavy atom. The number of aliphatic carboxylic acids is 1. The Morgan fingerprint density at radius 2 is 2.03 bits per heavy atom. The number of nitrogens with one attached hydrogen (secondary N) is 1. The number of carbonyl (C=O) groups is 1. The molecule has 2 aromatic heterocycles. The van der Waals surface area contributed by atoms with Crippen LogP contribution in [0.2, 0.25) is 10.0 Å². The summed E-state index contributed by atoms with van der Waals surface area (Å²) in [6, 6.07) is 11.1. The molecule has 0 aliphatic heterocycles. The highest BCUT2D eigenvalue weighted by atomic mass is 35.5. The van der Waals surface area contributed by atoms with Gasteiger partial charge < -0.3 is 19.7 Å². The molecule has 0 spiro atoms. The molecular weight excluding hydrogens is 467 g/mol. The van der Waals surface area contributed by atoms with Crippen molar-refractivity contribution in [1.82, 2.24) is 20.0 Å². The SMILES string of the molecule is CC(C)Oc1ccc(-c2nc(-n3cc(Cl)c4cc(CNCCC(=O)O)ccc43)no2)cc1Cl. The standard InChI is InChI=1S/C23H22Cl2N4O4/c1-13(2)32-20-6-4-15(10-17(20)24)22-27-23(28-33-22)29-12-18(25)16-9-14(3-5-19(16)29)11-26-8-7-21(30)31/h3-6,9-10,12-13,26H,7-8,11H2,1-2H3,(H,30,31). The van der Waals surface area contributed by atoms with Gasteiger partial charge in [-0.2, -0.15) is 4.98 Å². The molecule has 10 heteroatoms. The van der Waals surface area contributed by atoms with Crippen LogP contribution in [-0.2, 0) is 11.3 Å². The van der Waals surface area contributed by atoms with E-state index in [0.717, 1.165) is 16.5 Å². The molecule has 0 saturated carbocycles. The summed E-state index contributed by atoms with van der Waals surface area (Å²) in [5.74, 6) is 0.416. The third-order valence-electron chi connectivity index (χ3n) is 4.84. The van der Waals surface area contributed by atoms with Crippen LogP contribution in [0.25, 0.3) is 28.3 Å². The number of nitrogens with zero attached hydrogens (tertiary/aromatic N) is 3. The van der Waals surface area contributed by atoms with E-state index in [-0.39, 0.29) is 12.5 Å². The van der Waals surface area contributed by atoms with Gasteiger partial charge in [-0.1, -0.05) is 29.3 Å². The first-order valence-corrected chi connectivity index (χ1v) is 11.1. The van der Waals surface area contributed by atoms with Gasteiger partial charge in [0.25, 0.3) is 11.8 Å². The lowest BCUT2D eigenvalue weighted by Gasteiger charge is -2.11. The summed E-state index contributed by atoms with van der Waals surface area (Å²) in [7, 11) is 0. The first-order chi connectivity index (χ1) is 15.8. The maximum absolute atomic E-state index is 10.6. The predicted octanol–water partition coefficient (Wildman–Crippen LogP) is 5.34. The summed E-state index contributed by atoms with van der Waals surface area (Å²) in [6.07, 6.45) is 1.81. The molecule has 8 nitrogen and oxygen atoms in total. The zero-order valence-electron chi connectivity index (χ0n) is 18.0. The van der Waals surface area contributed by atoms with Crippen LogP contribution in [-0.4, -0.2) is 38.4 Å². The Kier molecular flexibility index (Phi) is 6.88. The summed E-state index contributed by atoms with van der Waals surface area (Å²) < 4.78 is 12.9. The molecule has 4 aromatic rings. The minimum Gasteiger partial charge on any atom is -0.489 e. The highest BCUT2D eigenvalue weighted by Gasteiger charge is 2.16. The highest BCUT2D eigenvalue weighted by Crippen LogP contribution is 2.32. The first-order valence-electron chi connectivity index (χ1n) is 10.3. The fourth-order valence-corrected chi connectivity index (χ4v) is 3.83. The van der Waals surface area contributed by atoms with Gasteiger partial charge in [-0.3, -0.25) is 9.36 Å². The van der Waals surface area contributed by atoms with E-state index in [1.165, 1.54) is 0 Å². The molecule has 0 aliphatic rings. The van der Waals surface area contributed by atoms with Crippen molar-refractivity contribution in [2.75, 3.05) is 6.54 Å². The average molecular weight is 489 g/mol. The number of fused-ring (bicyclic) bond motifs is 1. The Labute approximate surface area is 200 Å². The molecule has 0 unspecified atom stereocenters. The van der Waals surface area contributed by atoms with Crippen molar-refractivity contribution in [1.29, 1.82) is 0 Å². The van der Waals surface area contributed by atoms with Gasteiger partial charge in [-0.25, -0.2) is 0 Å². The average Bonchev–Trinajstić information content (AvgIpc) is 3.37. The van der Waals surface area contributed by atoms with Gasteiger partial charge >= 0.3 is 5.97 Å². The van der Waals surface area contributed by atoms with Crippen LogP contribution < -0.4 is 10.1 Å². The van der Waals surface area contributed by atoms with E-state index in [2.05, 4.69) is 15.5 Å². The third kappa shape index (κ3) is 5.30. The number of benzene rings is 2. The lowest BCUT2D eigenvalue weighted by Crippen LogP contribution is -2.17. The molecule has 0 radical (unpaired) electrons. The van der Waals surface area contributed by atoms with Crippen molar-refractivity contribution >= 4 is 40.1 Å². The van der Waals surface area contributed by atoms with E-state index >= 15 is 0 Å². The molecule has 0 bridgehead atoms. The van der Waals surface area contributed by atoms with Gasteiger partial charge in [0, 0.05) is 30.2 Å². The van der Waals surface area contributed by atoms with E-state index in [9.17, 15) is 4.79 Å². The number of aromatic nitrogens is 3. The van der Waals surface area contributed by atoms with Crippen molar-refractivity contribution in [3.05, 3.63) is 58.2 Å². The molecule has 4 rings (SSSR count). The summed E-state index contributed by atoms with van der Waals surface area (Å²) >= 11 is 12.8. The van der Waals surface area contributed by atoms with Gasteiger partial charge in [0.1, 0.15) is 5.75 Å². The number of hydrogen-bond donors (Lipinski definition) is 2. The molecule has 0 aliphatic carbocycles. The second-order valence-electron chi connectivity index (χ2n) is 7.73. The topological polar surface area (TPSA) is 102 Å². The predicted molar refractivity (Wildman–Crippen MR) is 126 cm³/mol. The van der Waals surface area contributed by atoms with Crippen molar-refractivity contribution in [3.63, 3.8) is 0 Å². The fraction of sp³-hybridized carbons (Fsp3) is 0.261. The number of halogens is 2. The number of ether oxygens (including phenoxy) is 1. The van der Waals surface area contributed by atoms with E-state index in [4.69, 9.17) is 37.6 Å². The van der Waals surface area contributed by atoms with Gasteiger partial charge in [0.15, 0.2) is 0 Å². The summed E-state index contributed by atoms with van der Waals surface area (Å²) in [5, 5.41) is 17.8. The number of carboxylic acids is 1. The lowest BCUT2D eigenvalue weighted by molar-refractivity contribution is -0.136. The van der Waals surface area contributed by atoms with Crippen LogP contribution in [0.4, 0.5) is 0 Å². The highest BCUT2D eigenvalue weighted by molar-refractivity contribution is 6.35. The first kappa shape index (κ1) is 23.1. The Morgan fingerprint density at radius 1 is 1.21 bits per heavy atom. The van der Waals surface area contributed by atoms with E-state index in [1.807, 2.05) is 38.1 Å². The van der Waals surface area contributed by atoms with Crippen LogP contribution >= 0.6 is 23.2 Å². The Hall–Kier alpha value is -3.07. The molecule has 0 saturated heterocycles. The zero-order chi connectivity index (χ0) is 23.5. The molecule has 0 amide bonds. The molecular formula is C23H22Cl2N4O4. The van der Waals surface area contributed by atoms with Crippen LogP contribution in [0.15, 0.2) is 47.1 Å². The second-order valence-corrected chi connectivity index (χ2v) is 8.54. The molecule has 0 fully saturated rings. The smallest absolute Gasteiger partial charge is 0.304 e. The fourth-order valence-electron chi connectivity index (χ4n) is 3.35. The van der Waals surface area contributed by atoms with E-state index < -0.39 is 5.97 Å². The zero-order valence-corrected chi connectivity index (χ0v) is 19.5. The molecule has 2 aromatic carbocycles. The van der Waals surface area contributed by atoms with Crippen LogP contribution in [0.5, 0.6) is 5.75 Å². The van der Waals surface area contributed by atoms with Gasteiger partial charge in [0.2, 0.25) is 0 Å². The van der Waals surface area contributed by atoms with Gasteiger partial charge in [-0.15, -0.1) is 0 Å². The normalized spacial score (nSPS) is 11.4. The summed E-state index contributed by atoms with van der Waals surface area (Å²) in [4.78, 5) is 15.1. The Balaban J connectivity index is 1.56. The van der Waals surface area contributed by atoms with Crippen molar-refractivity contribution < 1.29 is 19.2 Å². The largest absolute Gasteiger partial charge is 0.489 e. The van der Waals surface area contributed by atoms with E-state index in [0.29, 0.717) is 46.3 Å². The molecule has 0 atom stereocenters. The van der Waals surface area contributed by atoms with Crippen LogP contribution in [0.1, 0.15) is 25.8 Å².